The molecule has 1 saturated heterocycles. The number of nitrogens with one attached hydrogen (secondary N) is 2. The van der Waals surface area contributed by atoms with E-state index in [1.807, 2.05) is 24.3 Å². The van der Waals surface area contributed by atoms with Gasteiger partial charge < -0.3 is 20.1 Å². The lowest BCUT2D eigenvalue weighted by molar-refractivity contribution is -0.116. The van der Waals surface area contributed by atoms with Crippen LogP contribution in [0.25, 0.3) is 38.6 Å². The van der Waals surface area contributed by atoms with Gasteiger partial charge in [0.05, 0.1) is 41.8 Å². The molecule has 9 nitrogen and oxygen atoms in total. The van der Waals surface area contributed by atoms with Crippen LogP contribution in [0.15, 0.2) is 36.5 Å². The predicted molar refractivity (Wildman–Crippen MR) is 125 cm³/mol. The monoisotopic (exact) mass is 450 g/mol. The van der Waals surface area contributed by atoms with Crippen LogP contribution in [0.4, 0.5) is 5.82 Å². The van der Waals surface area contributed by atoms with Crippen molar-refractivity contribution in [3.05, 3.63) is 41.4 Å². The van der Waals surface area contributed by atoms with Gasteiger partial charge in [-0.05, 0) is 18.2 Å². The van der Waals surface area contributed by atoms with Crippen LogP contribution < -0.4 is 10.2 Å². The first-order valence-corrected chi connectivity index (χ1v) is 11.2. The highest BCUT2D eigenvalue weighted by molar-refractivity contribution is 7.20. The van der Waals surface area contributed by atoms with E-state index in [2.05, 4.69) is 20.4 Å². The van der Waals surface area contributed by atoms with E-state index in [0.29, 0.717) is 19.0 Å². The summed E-state index contributed by atoms with van der Waals surface area (Å²) in [5, 5.41) is 19.6. The smallest absolute Gasteiger partial charge is 0.244 e. The molecule has 1 aliphatic rings. The Morgan fingerprint density at radius 3 is 3.03 bits per heavy atom. The number of carbonyl (C=O) groups is 1. The zero-order valence-electron chi connectivity index (χ0n) is 17.2. The van der Waals surface area contributed by atoms with E-state index in [1.165, 1.54) is 6.08 Å². The molecule has 1 aromatic carbocycles. The molecule has 1 amide bonds. The van der Waals surface area contributed by atoms with E-state index < -0.39 is 0 Å². The molecule has 0 unspecified atom stereocenters. The zero-order chi connectivity index (χ0) is 21.9. The van der Waals surface area contributed by atoms with Crippen molar-refractivity contribution in [1.82, 2.24) is 25.5 Å². The second kappa shape index (κ2) is 9.03. The number of benzene rings is 1. The lowest BCUT2D eigenvalue weighted by Gasteiger charge is -2.28. The van der Waals surface area contributed by atoms with Gasteiger partial charge in [-0.3, -0.25) is 9.89 Å². The largest absolute Gasteiger partial charge is 0.395 e. The maximum atomic E-state index is 11.9. The molecule has 164 valence electrons. The van der Waals surface area contributed by atoms with E-state index in [0.717, 1.165) is 50.5 Å². The van der Waals surface area contributed by atoms with Crippen LogP contribution in [0.3, 0.4) is 0 Å². The molecule has 3 N–H and O–H groups in total. The van der Waals surface area contributed by atoms with Gasteiger partial charge in [-0.1, -0.05) is 12.1 Å². The minimum absolute atomic E-state index is 0.0901. The van der Waals surface area contributed by atoms with Crippen LogP contribution in [-0.2, 0) is 9.53 Å². The zero-order valence-corrected chi connectivity index (χ0v) is 18.1. The van der Waals surface area contributed by atoms with Gasteiger partial charge in [0.2, 0.25) is 5.91 Å². The summed E-state index contributed by atoms with van der Waals surface area (Å²) in [5.74, 6) is 1.27. The first kappa shape index (κ1) is 20.6. The first-order chi connectivity index (χ1) is 15.7. The van der Waals surface area contributed by atoms with Crippen LogP contribution in [0.1, 0.15) is 4.88 Å². The van der Waals surface area contributed by atoms with Crippen molar-refractivity contribution in [2.24, 2.45) is 0 Å². The van der Waals surface area contributed by atoms with E-state index >= 15 is 0 Å². The number of hydrogen-bond acceptors (Lipinski definition) is 8. The molecule has 0 saturated carbocycles. The number of carbonyl (C=O) groups excluding carboxylic acids is 1. The van der Waals surface area contributed by atoms with Crippen LogP contribution in [0.2, 0.25) is 0 Å². The van der Waals surface area contributed by atoms with Crippen molar-refractivity contribution in [1.29, 1.82) is 0 Å². The number of hydrogen-bond donors (Lipinski definition) is 3. The summed E-state index contributed by atoms with van der Waals surface area (Å²) < 4.78 is 6.51. The van der Waals surface area contributed by atoms with Crippen molar-refractivity contribution in [3.63, 3.8) is 0 Å². The third kappa shape index (κ3) is 4.07. The predicted octanol–water partition coefficient (Wildman–Crippen LogP) is 2.19. The van der Waals surface area contributed by atoms with Gasteiger partial charge in [0, 0.05) is 41.5 Å². The highest BCUT2D eigenvalue weighted by Gasteiger charge is 2.20. The van der Waals surface area contributed by atoms with Crippen LogP contribution in [0.5, 0.6) is 0 Å². The summed E-state index contributed by atoms with van der Waals surface area (Å²) in [4.78, 5) is 24.8. The molecule has 4 heterocycles. The maximum Gasteiger partial charge on any atom is 0.244 e. The fourth-order valence-corrected chi connectivity index (χ4v) is 4.70. The number of amides is 1. The second-order valence-electron chi connectivity index (χ2n) is 7.32. The Labute approximate surface area is 187 Å². The highest BCUT2D eigenvalue weighted by Crippen LogP contribution is 2.36. The van der Waals surface area contributed by atoms with Gasteiger partial charge in [0.25, 0.3) is 0 Å². The normalized spacial score (nSPS) is 14.6. The Kier molecular flexibility index (Phi) is 5.80. The van der Waals surface area contributed by atoms with Crippen molar-refractivity contribution in [2.75, 3.05) is 44.4 Å². The Balaban J connectivity index is 1.59. The minimum Gasteiger partial charge on any atom is -0.395 e. The van der Waals surface area contributed by atoms with E-state index in [9.17, 15) is 4.79 Å². The fraction of sp³-hybridized carbons (Fsp3) is 0.273. The summed E-state index contributed by atoms with van der Waals surface area (Å²) in [6.45, 7) is 2.96. The molecule has 0 atom stereocenters. The highest BCUT2D eigenvalue weighted by atomic mass is 32.1. The van der Waals surface area contributed by atoms with Crippen molar-refractivity contribution in [3.8, 4) is 11.4 Å². The molecule has 3 aromatic heterocycles. The van der Waals surface area contributed by atoms with Gasteiger partial charge in [0.15, 0.2) is 11.6 Å². The quantitative estimate of drug-likeness (QED) is 0.386. The number of ether oxygens (including phenoxy) is 1. The number of aromatic nitrogens is 4. The number of thiophene rings is 1. The summed E-state index contributed by atoms with van der Waals surface area (Å²) in [7, 11) is 0. The number of rotatable bonds is 6. The number of aromatic amines is 1. The summed E-state index contributed by atoms with van der Waals surface area (Å²) in [6, 6.07) is 7.91. The van der Waals surface area contributed by atoms with E-state index in [4.69, 9.17) is 19.8 Å². The van der Waals surface area contributed by atoms with Gasteiger partial charge in [0.1, 0.15) is 0 Å². The average molecular weight is 451 g/mol. The summed E-state index contributed by atoms with van der Waals surface area (Å²) in [5.41, 5.74) is 2.68. The first-order valence-electron chi connectivity index (χ1n) is 10.4. The summed E-state index contributed by atoms with van der Waals surface area (Å²) >= 11 is 1.55. The molecule has 4 aromatic rings. The van der Waals surface area contributed by atoms with Gasteiger partial charge in [-0.25, -0.2) is 9.97 Å². The Morgan fingerprint density at radius 2 is 2.19 bits per heavy atom. The number of aliphatic hydroxyl groups excluding tert-OH is 1. The van der Waals surface area contributed by atoms with Crippen LogP contribution in [0, 0.1) is 0 Å². The van der Waals surface area contributed by atoms with E-state index in [-0.39, 0.29) is 19.1 Å². The SMILES string of the molecule is O=C(/C=C/c1cc2nc(-c3cccc4[nH]ncc34)nc(N3CCOCC3)c2s1)NCCO. The molecular formula is C22H22N6O3S. The van der Waals surface area contributed by atoms with E-state index in [1.54, 1.807) is 23.6 Å². The van der Waals surface area contributed by atoms with Crippen LogP contribution in [-0.4, -0.2) is 70.6 Å². The third-order valence-corrected chi connectivity index (χ3v) is 6.30. The maximum absolute atomic E-state index is 11.9. The standard InChI is InChI=1S/C22H22N6O3S/c29-9-6-23-19(30)5-4-14-12-18-20(32-14)22(28-7-10-31-11-8-28)26-21(25-18)15-2-1-3-17-16(15)13-24-27-17/h1-5,12-13,29H,6-11H2,(H,23,30)(H,24,27)/b5-4+. The number of aliphatic hydroxyl groups is 1. The number of H-pyrrole nitrogens is 1. The number of anilines is 1. The fourth-order valence-electron chi connectivity index (χ4n) is 3.68. The molecule has 0 aliphatic carbocycles. The van der Waals surface area contributed by atoms with Crippen LogP contribution >= 0.6 is 11.3 Å². The molecule has 1 fully saturated rings. The topological polar surface area (TPSA) is 116 Å². The lowest BCUT2D eigenvalue weighted by Crippen LogP contribution is -2.36. The molecule has 0 bridgehead atoms. The molecule has 10 heteroatoms. The molecule has 0 radical (unpaired) electrons. The Bertz CT molecular complexity index is 1290. The molecular weight excluding hydrogens is 428 g/mol. The molecule has 0 spiro atoms. The number of morpholine rings is 1. The third-order valence-electron chi connectivity index (χ3n) is 5.22. The average Bonchev–Trinajstić information content (AvgIpc) is 3.47. The van der Waals surface area contributed by atoms with Crippen molar-refractivity contribution in [2.45, 2.75) is 0 Å². The molecule has 5 rings (SSSR count). The lowest BCUT2D eigenvalue weighted by atomic mass is 10.1. The van der Waals surface area contributed by atoms with Gasteiger partial charge in [-0.2, -0.15) is 5.10 Å². The molecule has 1 aliphatic heterocycles. The summed E-state index contributed by atoms with van der Waals surface area (Å²) in [6.07, 6.45) is 5.02. The van der Waals surface area contributed by atoms with Crippen molar-refractivity contribution < 1.29 is 14.6 Å². The van der Waals surface area contributed by atoms with Gasteiger partial charge in [-0.15, -0.1) is 11.3 Å². The minimum atomic E-state index is -0.247. The van der Waals surface area contributed by atoms with Gasteiger partial charge >= 0.3 is 0 Å². The van der Waals surface area contributed by atoms with Crippen molar-refractivity contribution >= 4 is 50.3 Å². The molecule has 32 heavy (non-hydrogen) atoms. The Hall–Kier alpha value is -3.34. The number of nitrogens with zero attached hydrogens (tertiary/aromatic N) is 4. The Morgan fingerprint density at radius 1 is 1.31 bits per heavy atom. The second-order valence-corrected chi connectivity index (χ2v) is 8.40. The number of fused-ring (bicyclic) bond motifs is 2.